The van der Waals surface area contributed by atoms with Crippen LogP contribution in [0.5, 0.6) is 0 Å². The van der Waals surface area contributed by atoms with Crippen molar-refractivity contribution in [2.75, 3.05) is 67.6 Å². The van der Waals surface area contributed by atoms with Gasteiger partial charge in [-0.2, -0.15) is 13.2 Å². The van der Waals surface area contributed by atoms with Crippen LogP contribution in [0.2, 0.25) is 0 Å². The minimum absolute atomic E-state index is 0.108. The number of aromatic nitrogens is 1. The molecule has 5 rings (SSSR count). The third-order valence-corrected chi connectivity index (χ3v) is 8.08. The number of nitrogens with zero attached hydrogens (tertiary/aromatic N) is 4. The Bertz CT molecular complexity index is 1210. The van der Waals surface area contributed by atoms with Crippen LogP contribution in [-0.4, -0.2) is 80.1 Å². The van der Waals surface area contributed by atoms with Crippen molar-refractivity contribution in [1.29, 1.82) is 0 Å². The first kappa shape index (κ1) is 28.5. The molecule has 1 aromatic carbocycles. The van der Waals surface area contributed by atoms with Crippen LogP contribution in [0.15, 0.2) is 30.3 Å². The summed E-state index contributed by atoms with van der Waals surface area (Å²) in [6.07, 6.45) is -2.76. The number of nitrogens with one attached hydrogen (secondary N) is 1. The predicted molar refractivity (Wildman–Crippen MR) is 151 cm³/mol. The Balaban J connectivity index is 1.40. The van der Waals surface area contributed by atoms with Crippen LogP contribution >= 0.6 is 0 Å². The number of morpholine rings is 1. The molecule has 1 aromatic heterocycles. The third-order valence-electron chi connectivity index (χ3n) is 8.08. The van der Waals surface area contributed by atoms with Gasteiger partial charge in [0.15, 0.2) is 0 Å². The van der Waals surface area contributed by atoms with Crippen molar-refractivity contribution in [3.05, 3.63) is 35.9 Å². The normalized spacial score (nSPS) is 23.9. The Hall–Kier alpha value is -3.05. The van der Waals surface area contributed by atoms with Gasteiger partial charge in [-0.05, 0) is 80.0 Å². The minimum atomic E-state index is -4.22. The quantitative estimate of drug-likeness (QED) is 0.534. The lowest BCUT2D eigenvalue weighted by atomic mass is 9.92. The fourth-order valence-corrected chi connectivity index (χ4v) is 5.96. The fourth-order valence-electron chi connectivity index (χ4n) is 5.96. The molecule has 3 aliphatic rings. The van der Waals surface area contributed by atoms with Crippen LogP contribution in [0.4, 0.5) is 35.3 Å². The molecule has 3 saturated heterocycles. The Labute approximate surface area is 233 Å². The van der Waals surface area contributed by atoms with Crippen LogP contribution < -0.4 is 20.9 Å². The number of nitrogens with two attached hydrogens (primary N) is 1. The number of amides is 2. The number of anilines is 3. The first-order chi connectivity index (χ1) is 19.0. The number of benzene rings is 1. The molecule has 0 bridgehead atoms. The number of carbonyl (C=O) groups excluding carboxylic acids is 1. The van der Waals surface area contributed by atoms with Crippen molar-refractivity contribution >= 4 is 23.4 Å². The lowest BCUT2D eigenvalue weighted by Gasteiger charge is -2.39. The highest BCUT2D eigenvalue weighted by molar-refractivity contribution is 5.91. The molecule has 11 heteroatoms. The summed E-state index contributed by atoms with van der Waals surface area (Å²) >= 11 is 0. The number of ether oxygens (including phenoxy) is 1. The lowest BCUT2D eigenvalue weighted by molar-refractivity contribution is -0.143. The number of carbonyl (C=O) groups is 1. The predicted octanol–water partition coefficient (Wildman–Crippen LogP) is 5.02. The highest BCUT2D eigenvalue weighted by Crippen LogP contribution is 2.35. The standard InChI is InChI=1S/C29H39F3N6O2/c1-20-4-5-23(34-27(39)37-9-6-21(18-37)17-29(30,31)32)16-24(20)22-14-25(36-10-12-40-13-11-36)35-26(15-22)38-8-3-7-28(2,33)19-38/h4-5,14-16,21H,3,6-13,17-19,33H2,1-2H3,(H,34,39). The number of pyridine rings is 1. The summed E-state index contributed by atoms with van der Waals surface area (Å²) in [4.78, 5) is 23.9. The van der Waals surface area contributed by atoms with Crippen molar-refractivity contribution < 1.29 is 22.7 Å². The van der Waals surface area contributed by atoms with Crippen LogP contribution in [0.3, 0.4) is 0 Å². The van der Waals surface area contributed by atoms with E-state index in [0.29, 0.717) is 38.4 Å². The minimum Gasteiger partial charge on any atom is -0.378 e. The Morgan fingerprint density at radius 2 is 1.85 bits per heavy atom. The highest BCUT2D eigenvalue weighted by atomic mass is 19.4. The molecular weight excluding hydrogens is 521 g/mol. The molecule has 2 unspecified atom stereocenters. The topological polar surface area (TPSA) is 87.0 Å². The first-order valence-corrected chi connectivity index (χ1v) is 14.1. The molecule has 8 nitrogen and oxygen atoms in total. The van der Waals surface area contributed by atoms with E-state index in [1.54, 1.807) is 0 Å². The molecule has 2 aromatic rings. The van der Waals surface area contributed by atoms with Crippen molar-refractivity contribution in [3.63, 3.8) is 0 Å². The van der Waals surface area contributed by atoms with Crippen LogP contribution in [0.25, 0.3) is 11.1 Å². The molecule has 0 aliphatic carbocycles. The largest absolute Gasteiger partial charge is 0.389 e. The van der Waals surface area contributed by atoms with Crippen molar-refractivity contribution in [3.8, 4) is 11.1 Å². The third kappa shape index (κ3) is 6.98. The molecule has 218 valence electrons. The molecule has 0 spiro atoms. The van der Waals surface area contributed by atoms with Gasteiger partial charge in [-0.25, -0.2) is 9.78 Å². The zero-order valence-electron chi connectivity index (χ0n) is 23.3. The number of alkyl halides is 3. The van der Waals surface area contributed by atoms with E-state index in [-0.39, 0.29) is 18.1 Å². The second-order valence-corrected chi connectivity index (χ2v) is 11.7. The van der Waals surface area contributed by atoms with Gasteiger partial charge in [0.2, 0.25) is 0 Å². The van der Waals surface area contributed by atoms with Crippen LogP contribution in [-0.2, 0) is 4.74 Å². The fraction of sp³-hybridized carbons (Fsp3) is 0.586. The Morgan fingerprint density at radius 3 is 2.55 bits per heavy atom. The van der Waals surface area contributed by atoms with Gasteiger partial charge in [-0.15, -0.1) is 0 Å². The second kappa shape index (κ2) is 11.4. The number of rotatable bonds is 5. The van der Waals surface area contributed by atoms with Gasteiger partial charge in [0.05, 0.1) is 13.2 Å². The summed E-state index contributed by atoms with van der Waals surface area (Å²) in [6, 6.07) is 9.50. The molecule has 40 heavy (non-hydrogen) atoms. The molecule has 2 atom stereocenters. The molecule has 3 N–H and O–H groups in total. The monoisotopic (exact) mass is 560 g/mol. The maximum atomic E-state index is 12.9. The summed E-state index contributed by atoms with van der Waals surface area (Å²) in [5.74, 6) is 1.19. The summed E-state index contributed by atoms with van der Waals surface area (Å²) in [5.41, 5.74) is 9.81. The van der Waals surface area contributed by atoms with Crippen molar-refractivity contribution in [2.24, 2.45) is 11.7 Å². The molecule has 2 amide bonds. The number of piperidine rings is 1. The lowest BCUT2D eigenvalue weighted by Crippen LogP contribution is -2.52. The Kier molecular flexibility index (Phi) is 8.15. The van der Waals surface area contributed by atoms with E-state index in [1.165, 1.54) is 4.90 Å². The maximum absolute atomic E-state index is 12.9. The SMILES string of the molecule is Cc1ccc(NC(=O)N2CCC(CC(F)(F)F)C2)cc1-c1cc(N2CCOCC2)nc(N2CCCC(C)(N)C2)c1. The van der Waals surface area contributed by atoms with E-state index in [1.807, 2.05) is 25.1 Å². The number of aryl methyl sites for hydroxylation is 1. The molecule has 4 heterocycles. The first-order valence-electron chi connectivity index (χ1n) is 14.1. The molecule has 0 radical (unpaired) electrons. The molecule has 0 saturated carbocycles. The van der Waals surface area contributed by atoms with Crippen molar-refractivity contribution in [2.45, 2.75) is 51.2 Å². The van der Waals surface area contributed by atoms with Gasteiger partial charge in [-0.1, -0.05) is 6.07 Å². The van der Waals surface area contributed by atoms with E-state index in [4.69, 9.17) is 15.5 Å². The van der Waals surface area contributed by atoms with Gasteiger partial charge < -0.3 is 30.5 Å². The van der Waals surface area contributed by atoms with E-state index >= 15 is 0 Å². The van der Waals surface area contributed by atoms with Gasteiger partial charge in [0, 0.05) is 56.9 Å². The van der Waals surface area contributed by atoms with E-state index in [9.17, 15) is 18.0 Å². The molecule has 3 fully saturated rings. The number of hydrogen-bond donors (Lipinski definition) is 2. The zero-order valence-corrected chi connectivity index (χ0v) is 23.3. The van der Waals surface area contributed by atoms with E-state index in [2.05, 4.69) is 34.2 Å². The summed E-state index contributed by atoms with van der Waals surface area (Å²) < 4.78 is 44.0. The van der Waals surface area contributed by atoms with E-state index < -0.39 is 18.5 Å². The summed E-state index contributed by atoms with van der Waals surface area (Å²) in [6.45, 7) is 8.92. The van der Waals surface area contributed by atoms with E-state index in [0.717, 1.165) is 60.8 Å². The van der Waals surface area contributed by atoms with Crippen LogP contribution in [0.1, 0.15) is 38.2 Å². The van der Waals surface area contributed by atoms with Gasteiger partial charge in [0.1, 0.15) is 11.6 Å². The summed E-state index contributed by atoms with van der Waals surface area (Å²) in [5, 5.41) is 2.91. The second-order valence-electron chi connectivity index (χ2n) is 11.7. The maximum Gasteiger partial charge on any atom is 0.389 e. The number of likely N-dealkylation sites (tertiary alicyclic amines) is 1. The molecular formula is C29H39F3N6O2. The summed E-state index contributed by atoms with van der Waals surface area (Å²) in [7, 11) is 0. The molecule has 3 aliphatic heterocycles. The zero-order chi connectivity index (χ0) is 28.5. The average molecular weight is 561 g/mol. The Morgan fingerprint density at radius 1 is 1.12 bits per heavy atom. The van der Waals surface area contributed by atoms with Crippen LogP contribution in [0, 0.1) is 12.8 Å². The van der Waals surface area contributed by atoms with Gasteiger partial charge in [-0.3, -0.25) is 0 Å². The van der Waals surface area contributed by atoms with Crippen molar-refractivity contribution in [1.82, 2.24) is 9.88 Å². The highest BCUT2D eigenvalue weighted by Gasteiger charge is 2.36. The number of urea groups is 1. The number of halogens is 3. The average Bonchev–Trinajstić information content (AvgIpc) is 3.36. The van der Waals surface area contributed by atoms with Gasteiger partial charge in [0.25, 0.3) is 0 Å². The smallest absolute Gasteiger partial charge is 0.378 e. The van der Waals surface area contributed by atoms with Gasteiger partial charge >= 0.3 is 12.2 Å². The number of hydrogen-bond acceptors (Lipinski definition) is 6.